The number of halogens is 2. The highest BCUT2D eigenvalue weighted by molar-refractivity contribution is 6.35. The Morgan fingerprint density at radius 2 is 1.48 bits per heavy atom. The molecule has 144 valence electrons. The van der Waals surface area contributed by atoms with Gasteiger partial charge in [0.1, 0.15) is 5.54 Å². The van der Waals surface area contributed by atoms with Crippen molar-refractivity contribution in [2.24, 2.45) is 0 Å². The second-order valence-electron chi connectivity index (χ2n) is 6.55. The lowest BCUT2D eigenvalue weighted by Crippen LogP contribution is -2.47. The van der Waals surface area contributed by atoms with E-state index in [1.807, 2.05) is 45.0 Å². The molecule has 2 aromatic rings. The first-order valence-electron chi connectivity index (χ1n) is 8.86. The first-order valence-corrected chi connectivity index (χ1v) is 9.62. The Hall–Kier alpha value is -2.04. The summed E-state index contributed by atoms with van der Waals surface area (Å²) in [6.45, 7) is 7.78. The summed E-state index contributed by atoms with van der Waals surface area (Å²) in [6, 6.07) is 12.2. The van der Waals surface area contributed by atoms with Crippen LogP contribution in [0.2, 0.25) is 10.0 Å². The predicted octanol–water partition coefficient (Wildman–Crippen LogP) is 5.73. The van der Waals surface area contributed by atoms with E-state index in [4.69, 9.17) is 23.2 Å². The van der Waals surface area contributed by atoms with Crippen molar-refractivity contribution in [2.75, 3.05) is 11.9 Å². The molecule has 0 radical (unpaired) electrons. The van der Waals surface area contributed by atoms with E-state index in [1.54, 1.807) is 32.2 Å². The average Bonchev–Trinajstić information content (AvgIpc) is 2.79. The third-order valence-electron chi connectivity index (χ3n) is 4.66. The summed E-state index contributed by atoms with van der Waals surface area (Å²) >= 11 is 12.1. The smallest absolute Gasteiger partial charge is 0.312 e. The van der Waals surface area contributed by atoms with Gasteiger partial charge in [-0.25, -0.2) is 9.69 Å². The third kappa shape index (κ3) is 4.12. The molecule has 2 aromatic carbocycles. The first kappa shape index (κ1) is 21.3. The average molecular weight is 407 g/mol. The molecule has 0 aliphatic carbocycles. The molecule has 0 N–H and O–H groups in total. The van der Waals surface area contributed by atoms with Gasteiger partial charge in [-0.15, -0.1) is 0 Å². The zero-order chi connectivity index (χ0) is 20.4. The highest BCUT2D eigenvalue weighted by Gasteiger charge is 2.53. The highest BCUT2D eigenvalue weighted by atomic mass is 35.5. The van der Waals surface area contributed by atoms with E-state index in [-0.39, 0.29) is 5.91 Å². The van der Waals surface area contributed by atoms with E-state index < -0.39 is 11.6 Å². The van der Waals surface area contributed by atoms with Gasteiger partial charge in [0.15, 0.2) is 0 Å². The van der Waals surface area contributed by atoms with Crippen LogP contribution in [0.4, 0.5) is 10.5 Å². The summed E-state index contributed by atoms with van der Waals surface area (Å²) in [7, 11) is 1.64. The van der Waals surface area contributed by atoms with E-state index in [0.717, 1.165) is 16.0 Å². The fraction of sp³-hybridized carbons (Fsp3) is 0.333. The third-order valence-corrected chi connectivity index (χ3v) is 5.09. The Labute approximate surface area is 170 Å². The molecule has 4 nitrogen and oxygen atoms in total. The fourth-order valence-electron chi connectivity index (χ4n) is 3.03. The Morgan fingerprint density at radius 3 is 2.00 bits per heavy atom. The summed E-state index contributed by atoms with van der Waals surface area (Å²) in [5, 5.41) is 0.746. The largest absolute Gasteiger partial charge is 0.332 e. The minimum Gasteiger partial charge on any atom is -0.312 e. The summed E-state index contributed by atoms with van der Waals surface area (Å²) in [6.07, 6.45) is 0.430. The zero-order valence-corrected chi connectivity index (χ0v) is 17.7. The number of likely N-dealkylation sites (N-methyl/N-ethyl adjacent to an activating group) is 1. The van der Waals surface area contributed by atoms with Crippen LogP contribution in [0, 0.1) is 6.92 Å². The van der Waals surface area contributed by atoms with Gasteiger partial charge < -0.3 is 4.90 Å². The SMILES string of the molecule is CC.Cc1ccc(C[C@]2(C)C(=O)N(c3cc(Cl)cc(Cl)c3)C(=O)N2C)cc1. The monoisotopic (exact) mass is 406 g/mol. The molecule has 0 spiro atoms. The molecular formula is C21H24Cl2N2O2. The van der Waals surface area contributed by atoms with Crippen molar-refractivity contribution >= 4 is 40.8 Å². The molecule has 1 saturated heterocycles. The number of hydrogen-bond donors (Lipinski definition) is 0. The Morgan fingerprint density at radius 1 is 0.963 bits per heavy atom. The number of anilines is 1. The van der Waals surface area contributed by atoms with Crippen LogP contribution >= 0.6 is 23.2 Å². The molecule has 0 unspecified atom stereocenters. The number of aryl methyl sites for hydroxylation is 1. The quantitative estimate of drug-likeness (QED) is 0.610. The summed E-state index contributed by atoms with van der Waals surface area (Å²) in [5.41, 5.74) is 1.55. The van der Waals surface area contributed by atoms with Crippen molar-refractivity contribution < 1.29 is 9.59 Å². The van der Waals surface area contributed by atoms with Crippen LogP contribution < -0.4 is 4.90 Å². The van der Waals surface area contributed by atoms with Gasteiger partial charge in [-0.05, 0) is 37.6 Å². The number of carbonyl (C=O) groups is 2. The molecule has 1 atom stereocenters. The van der Waals surface area contributed by atoms with Crippen molar-refractivity contribution in [1.82, 2.24) is 4.90 Å². The lowest BCUT2D eigenvalue weighted by Gasteiger charge is -2.28. The van der Waals surface area contributed by atoms with Crippen LogP contribution in [0.15, 0.2) is 42.5 Å². The number of nitrogens with zero attached hydrogens (tertiary/aromatic N) is 2. The number of benzene rings is 2. The van der Waals surface area contributed by atoms with Gasteiger partial charge in [0.2, 0.25) is 0 Å². The molecule has 6 heteroatoms. The van der Waals surface area contributed by atoms with Crippen molar-refractivity contribution in [3.63, 3.8) is 0 Å². The molecule has 1 aliphatic heterocycles. The van der Waals surface area contributed by atoms with E-state index in [0.29, 0.717) is 22.2 Å². The van der Waals surface area contributed by atoms with Crippen LogP contribution in [-0.4, -0.2) is 29.4 Å². The standard InChI is InChI=1S/C19H18Cl2N2O2.C2H6/c1-12-4-6-13(7-5-12)11-19(2)17(24)23(18(25)22(19)3)16-9-14(20)8-15(21)10-16;1-2/h4-10H,11H2,1-3H3;1-2H3/t19-;/m1./s1. The molecule has 3 amide bonds. The Balaban J connectivity index is 0.00000126. The summed E-state index contributed by atoms with van der Waals surface area (Å²) < 4.78 is 0. The van der Waals surface area contributed by atoms with Crippen molar-refractivity contribution in [2.45, 2.75) is 39.7 Å². The van der Waals surface area contributed by atoms with Gasteiger partial charge in [0.25, 0.3) is 5.91 Å². The zero-order valence-electron chi connectivity index (χ0n) is 16.2. The van der Waals surface area contributed by atoms with Crippen LogP contribution in [-0.2, 0) is 11.2 Å². The minimum atomic E-state index is -0.971. The second kappa shape index (κ2) is 8.32. The summed E-state index contributed by atoms with van der Waals surface area (Å²) in [5.74, 6) is -0.293. The topological polar surface area (TPSA) is 40.6 Å². The lowest BCUT2D eigenvalue weighted by atomic mass is 9.91. The van der Waals surface area contributed by atoms with E-state index in [2.05, 4.69) is 0 Å². The molecule has 1 heterocycles. The number of amides is 3. The maximum absolute atomic E-state index is 13.1. The molecular weight excluding hydrogens is 383 g/mol. The lowest BCUT2D eigenvalue weighted by molar-refractivity contribution is -0.123. The molecule has 0 aromatic heterocycles. The van der Waals surface area contributed by atoms with Crippen molar-refractivity contribution in [1.29, 1.82) is 0 Å². The van der Waals surface area contributed by atoms with E-state index in [9.17, 15) is 9.59 Å². The Bertz CT molecular complexity index is 832. The second-order valence-corrected chi connectivity index (χ2v) is 7.42. The van der Waals surface area contributed by atoms with E-state index in [1.165, 1.54) is 4.90 Å². The maximum Gasteiger partial charge on any atom is 0.332 e. The number of imide groups is 1. The van der Waals surface area contributed by atoms with Crippen LogP contribution in [0.5, 0.6) is 0 Å². The number of rotatable bonds is 3. The molecule has 1 fully saturated rings. The minimum absolute atomic E-state index is 0.293. The molecule has 0 saturated carbocycles. The van der Waals surface area contributed by atoms with Gasteiger partial charge in [0.05, 0.1) is 5.69 Å². The van der Waals surface area contributed by atoms with Crippen LogP contribution in [0.1, 0.15) is 31.9 Å². The predicted molar refractivity (Wildman–Crippen MR) is 112 cm³/mol. The van der Waals surface area contributed by atoms with Gasteiger partial charge in [0, 0.05) is 23.5 Å². The van der Waals surface area contributed by atoms with Gasteiger partial charge in [-0.2, -0.15) is 0 Å². The normalized spacial score (nSPS) is 19.2. The van der Waals surface area contributed by atoms with Crippen molar-refractivity contribution in [3.05, 3.63) is 63.6 Å². The summed E-state index contributed by atoms with van der Waals surface area (Å²) in [4.78, 5) is 28.5. The fourth-order valence-corrected chi connectivity index (χ4v) is 3.54. The molecule has 0 bridgehead atoms. The maximum atomic E-state index is 13.1. The molecule has 27 heavy (non-hydrogen) atoms. The van der Waals surface area contributed by atoms with Crippen LogP contribution in [0.3, 0.4) is 0 Å². The molecule has 1 aliphatic rings. The first-order chi connectivity index (χ1) is 12.7. The highest BCUT2D eigenvalue weighted by Crippen LogP contribution is 2.35. The Kier molecular flexibility index (Phi) is 6.55. The number of urea groups is 1. The number of hydrogen-bond acceptors (Lipinski definition) is 2. The van der Waals surface area contributed by atoms with Gasteiger partial charge in [-0.1, -0.05) is 66.9 Å². The van der Waals surface area contributed by atoms with Gasteiger partial charge >= 0.3 is 6.03 Å². The number of carbonyl (C=O) groups excluding carboxylic acids is 2. The van der Waals surface area contributed by atoms with Crippen molar-refractivity contribution in [3.8, 4) is 0 Å². The molecule has 3 rings (SSSR count). The van der Waals surface area contributed by atoms with Crippen LogP contribution in [0.25, 0.3) is 0 Å². The van der Waals surface area contributed by atoms with E-state index >= 15 is 0 Å². The van der Waals surface area contributed by atoms with Gasteiger partial charge in [-0.3, -0.25) is 4.79 Å².